The zero-order valence-corrected chi connectivity index (χ0v) is 23.3. The lowest BCUT2D eigenvalue weighted by Gasteiger charge is -2.14. The third-order valence-electron chi connectivity index (χ3n) is 6.52. The molecule has 10 heteroatoms. The quantitative estimate of drug-likeness (QED) is 0.154. The molecule has 0 radical (unpaired) electrons. The van der Waals surface area contributed by atoms with E-state index >= 15 is 0 Å². The molecule has 214 valence electrons. The number of aliphatic hydroxyl groups is 2. The highest BCUT2D eigenvalue weighted by Gasteiger charge is 2.15. The Balaban J connectivity index is 1.52. The van der Waals surface area contributed by atoms with Crippen LogP contribution >= 0.6 is 0 Å². The van der Waals surface area contributed by atoms with Crippen molar-refractivity contribution in [1.82, 2.24) is 25.6 Å². The van der Waals surface area contributed by atoms with Crippen molar-refractivity contribution in [1.29, 1.82) is 5.26 Å². The lowest BCUT2D eigenvalue weighted by Crippen LogP contribution is -2.18. The number of hydrogen-bond donors (Lipinski definition) is 5. The Morgan fingerprint density at radius 3 is 2.21 bits per heavy atom. The second-order valence-electron chi connectivity index (χ2n) is 9.44. The van der Waals surface area contributed by atoms with E-state index in [2.05, 4.69) is 37.0 Å². The second-order valence-corrected chi connectivity index (χ2v) is 9.44. The summed E-state index contributed by atoms with van der Waals surface area (Å²) in [4.78, 5) is 26.1. The number of aromatic nitrogens is 3. The molecule has 0 bridgehead atoms. The molecule has 0 aliphatic carbocycles. The predicted octanol–water partition coefficient (Wildman–Crippen LogP) is 3.31. The van der Waals surface area contributed by atoms with E-state index in [-0.39, 0.29) is 24.8 Å². The molecule has 3 aromatic heterocycles. The Labute approximate surface area is 244 Å². The maximum Gasteiger partial charge on any atom is 0.274 e. The van der Waals surface area contributed by atoms with Crippen LogP contribution in [0.2, 0.25) is 0 Å². The van der Waals surface area contributed by atoms with Gasteiger partial charge in [0.25, 0.3) is 5.91 Å². The van der Waals surface area contributed by atoms with Gasteiger partial charge < -0.3 is 26.2 Å². The average molecular weight is 564 g/mol. The summed E-state index contributed by atoms with van der Waals surface area (Å²) in [6, 6.07) is 17.0. The first-order valence-corrected chi connectivity index (χ1v) is 13.6. The first kappa shape index (κ1) is 30.2. The maximum atomic E-state index is 13.0. The zero-order chi connectivity index (χ0) is 29.7. The summed E-state index contributed by atoms with van der Waals surface area (Å²) in [7, 11) is 0. The minimum atomic E-state index is -0.341. The molecule has 5 N–H and O–H groups in total. The fraction of sp³-hybridized carbons (Fsp3) is 0.219. The van der Waals surface area contributed by atoms with Gasteiger partial charge in [0.2, 0.25) is 0 Å². The third kappa shape index (κ3) is 7.90. The van der Waals surface area contributed by atoms with Gasteiger partial charge in [0.1, 0.15) is 11.8 Å². The van der Waals surface area contributed by atoms with Crippen LogP contribution in [0.5, 0.6) is 0 Å². The summed E-state index contributed by atoms with van der Waals surface area (Å²) in [5, 5.41) is 37.0. The van der Waals surface area contributed by atoms with Gasteiger partial charge in [0.15, 0.2) is 0 Å². The average Bonchev–Trinajstić information content (AvgIpc) is 3.02. The van der Waals surface area contributed by atoms with E-state index in [0.717, 1.165) is 27.9 Å². The predicted molar refractivity (Wildman–Crippen MR) is 162 cm³/mol. The number of rotatable bonds is 13. The van der Waals surface area contributed by atoms with Crippen molar-refractivity contribution in [2.24, 2.45) is 0 Å². The van der Waals surface area contributed by atoms with Gasteiger partial charge in [0.05, 0.1) is 30.2 Å². The number of amides is 1. The molecule has 0 saturated heterocycles. The minimum Gasteiger partial charge on any atom is -0.395 e. The van der Waals surface area contributed by atoms with Crippen molar-refractivity contribution in [2.45, 2.75) is 20.0 Å². The third-order valence-corrected chi connectivity index (χ3v) is 6.52. The van der Waals surface area contributed by atoms with E-state index in [0.29, 0.717) is 48.7 Å². The Morgan fingerprint density at radius 2 is 1.60 bits per heavy atom. The fourth-order valence-corrected chi connectivity index (χ4v) is 4.29. The number of nitrogens with zero attached hydrogens (tertiary/aromatic N) is 4. The number of carbonyl (C=O) groups excluding carboxylic acids is 1. The SMILES string of the molecule is Cc1c(NC(=O)c2ccc(CNCCO)cn2)cccc1-c1ccnc(/C=C/c2ccc(CNCCO)cn2)c1C#N. The van der Waals surface area contributed by atoms with Gasteiger partial charge in [-0.2, -0.15) is 5.26 Å². The first-order valence-electron chi connectivity index (χ1n) is 13.6. The standard InChI is InChI=1S/C32H33N7O3/c1-22-26(3-2-4-29(22)39-32(42)31-9-6-24(21-38-31)19-35-14-16-41)27-11-12-36-30(28(27)17-33)10-8-25-7-5-23(20-37-25)18-34-13-15-40/h2-12,20-21,34-35,40-41H,13-16,18-19H2,1H3,(H,39,42)/b10-8+. The lowest BCUT2D eigenvalue weighted by molar-refractivity contribution is 0.102. The number of carbonyl (C=O) groups is 1. The van der Waals surface area contributed by atoms with Crippen molar-refractivity contribution in [3.05, 3.63) is 106 Å². The Hall–Kier alpha value is -4.79. The Kier molecular flexibility index (Phi) is 11.0. The molecule has 0 saturated carbocycles. The van der Waals surface area contributed by atoms with Gasteiger partial charge in [-0.3, -0.25) is 19.7 Å². The zero-order valence-electron chi connectivity index (χ0n) is 23.3. The van der Waals surface area contributed by atoms with E-state index in [4.69, 9.17) is 10.2 Å². The van der Waals surface area contributed by atoms with Crippen molar-refractivity contribution >= 4 is 23.7 Å². The Morgan fingerprint density at radius 1 is 0.881 bits per heavy atom. The monoisotopic (exact) mass is 563 g/mol. The largest absolute Gasteiger partial charge is 0.395 e. The molecule has 42 heavy (non-hydrogen) atoms. The topological polar surface area (TPSA) is 156 Å². The highest BCUT2D eigenvalue weighted by Crippen LogP contribution is 2.32. The first-order chi connectivity index (χ1) is 20.5. The van der Waals surface area contributed by atoms with E-state index in [9.17, 15) is 10.1 Å². The van der Waals surface area contributed by atoms with Crippen LogP contribution < -0.4 is 16.0 Å². The molecule has 3 heterocycles. The molecular weight excluding hydrogens is 530 g/mol. The van der Waals surface area contributed by atoms with Gasteiger partial charge in [-0.05, 0) is 65.6 Å². The van der Waals surface area contributed by atoms with Gasteiger partial charge in [0, 0.05) is 56.0 Å². The van der Waals surface area contributed by atoms with Gasteiger partial charge >= 0.3 is 0 Å². The lowest BCUT2D eigenvalue weighted by atomic mass is 9.95. The number of anilines is 1. The molecule has 4 aromatic rings. The van der Waals surface area contributed by atoms with Gasteiger partial charge in [-0.1, -0.05) is 24.3 Å². The summed E-state index contributed by atoms with van der Waals surface area (Å²) >= 11 is 0. The number of hydrogen-bond acceptors (Lipinski definition) is 9. The molecule has 10 nitrogen and oxygen atoms in total. The van der Waals surface area contributed by atoms with Crippen LogP contribution in [0.15, 0.2) is 67.1 Å². The van der Waals surface area contributed by atoms with E-state index in [1.54, 1.807) is 36.8 Å². The van der Waals surface area contributed by atoms with Crippen LogP contribution in [-0.2, 0) is 13.1 Å². The number of pyridine rings is 3. The molecule has 0 aliphatic rings. The molecule has 0 spiro atoms. The summed E-state index contributed by atoms with van der Waals surface area (Å²) in [5.41, 5.74) is 6.76. The number of benzene rings is 1. The second kappa shape index (κ2) is 15.3. The summed E-state index contributed by atoms with van der Waals surface area (Å²) in [5.74, 6) is -0.341. The van der Waals surface area contributed by atoms with Crippen LogP contribution in [0, 0.1) is 18.3 Å². The van der Waals surface area contributed by atoms with E-state index in [1.165, 1.54) is 0 Å². The van der Waals surface area contributed by atoms with Crippen LogP contribution in [0.4, 0.5) is 5.69 Å². The highest BCUT2D eigenvalue weighted by molar-refractivity contribution is 6.03. The molecule has 0 fully saturated rings. The summed E-state index contributed by atoms with van der Waals surface area (Å²) in [6.07, 6.45) is 8.63. The fourth-order valence-electron chi connectivity index (χ4n) is 4.29. The number of nitriles is 1. The van der Waals surface area contributed by atoms with Crippen molar-refractivity contribution in [2.75, 3.05) is 31.6 Å². The van der Waals surface area contributed by atoms with Gasteiger partial charge in [-0.25, -0.2) is 0 Å². The smallest absolute Gasteiger partial charge is 0.274 e. The number of aliphatic hydroxyl groups excluding tert-OH is 2. The molecule has 0 unspecified atom stereocenters. The minimum absolute atomic E-state index is 0.0532. The van der Waals surface area contributed by atoms with Crippen molar-refractivity contribution in [3.8, 4) is 17.2 Å². The normalized spacial score (nSPS) is 11.0. The van der Waals surface area contributed by atoms with E-state index in [1.807, 2.05) is 49.4 Å². The summed E-state index contributed by atoms with van der Waals surface area (Å²) < 4.78 is 0. The molecule has 0 atom stereocenters. The van der Waals surface area contributed by atoms with Crippen LogP contribution in [0.3, 0.4) is 0 Å². The molecule has 1 aromatic carbocycles. The van der Waals surface area contributed by atoms with Crippen LogP contribution in [0.1, 0.15) is 44.1 Å². The maximum absolute atomic E-state index is 13.0. The molecular formula is C32H33N7O3. The summed E-state index contributed by atoms with van der Waals surface area (Å²) in [6.45, 7) is 4.20. The molecule has 0 aliphatic heterocycles. The van der Waals surface area contributed by atoms with E-state index < -0.39 is 0 Å². The van der Waals surface area contributed by atoms with Crippen LogP contribution in [0.25, 0.3) is 23.3 Å². The van der Waals surface area contributed by atoms with Crippen molar-refractivity contribution < 1.29 is 15.0 Å². The van der Waals surface area contributed by atoms with Crippen LogP contribution in [-0.4, -0.2) is 57.4 Å². The van der Waals surface area contributed by atoms with Gasteiger partial charge in [-0.15, -0.1) is 0 Å². The highest BCUT2D eigenvalue weighted by atomic mass is 16.3. The molecule has 1 amide bonds. The Bertz CT molecular complexity index is 1560. The molecule has 4 rings (SSSR count). The van der Waals surface area contributed by atoms with Crippen molar-refractivity contribution in [3.63, 3.8) is 0 Å². The number of nitrogens with one attached hydrogen (secondary N) is 3.